The number of allylic oxidation sites excluding steroid dienone is 1. The van der Waals surface area contributed by atoms with Crippen LogP contribution >= 0.6 is 0 Å². The minimum absolute atomic E-state index is 0.0204. The highest BCUT2D eigenvalue weighted by atomic mass is 16.7. The maximum atomic E-state index is 10.9. The summed E-state index contributed by atoms with van der Waals surface area (Å²) in [5.74, 6) is -0.00625. The largest absolute Gasteiger partial charge is 0.466 e. The van der Waals surface area contributed by atoms with Crippen LogP contribution in [-0.2, 0) is 14.4 Å². The molecule has 0 aliphatic carbocycles. The molecule has 1 saturated heterocycles. The lowest BCUT2D eigenvalue weighted by Crippen LogP contribution is -2.28. The maximum Gasteiger partial charge on any atom is 0.306 e. The Morgan fingerprint density at radius 3 is 2.03 bits per heavy atom. The van der Waals surface area contributed by atoms with Gasteiger partial charge >= 0.3 is 5.97 Å². The van der Waals surface area contributed by atoms with Gasteiger partial charge in [-0.15, -0.1) is 0 Å². The smallest absolute Gasteiger partial charge is 0.306 e. The zero-order valence-electron chi connectivity index (χ0n) is 24.5. The molecule has 2 rings (SSSR count). The van der Waals surface area contributed by atoms with Crippen molar-refractivity contribution in [3.05, 3.63) is 47.5 Å². The number of nitrogens with two attached hydrogens (primary N) is 1. The SMILES string of the molecule is C=C(CCC)CCC(=O)OCC.CC.CC.CCCC1(CCC)CC(c2ccc(C(=N)N)cc2)NO1. The van der Waals surface area contributed by atoms with Crippen LogP contribution in [0.1, 0.15) is 130 Å². The highest BCUT2D eigenvalue weighted by Crippen LogP contribution is 2.39. The fraction of sp³-hybridized carbons (Fsp3) is 0.667. The van der Waals surface area contributed by atoms with Crippen molar-refractivity contribution in [2.75, 3.05) is 6.61 Å². The summed E-state index contributed by atoms with van der Waals surface area (Å²) in [4.78, 5) is 16.8. The topological polar surface area (TPSA) is 97.4 Å². The van der Waals surface area contributed by atoms with Crippen LogP contribution < -0.4 is 11.2 Å². The molecule has 0 radical (unpaired) electrons. The van der Waals surface area contributed by atoms with Crippen LogP contribution in [0, 0.1) is 5.41 Å². The first-order valence-corrected chi connectivity index (χ1v) is 14.0. The normalized spacial score (nSPS) is 15.2. The van der Waals surface area contributed by atoms with Crippen LogP contribution in [0.25, 0.3) is 0 Å². The van der Waals surface area contributed by atoms with Crippen LogP contribution in [0.4, 0.5) is 0 Å². The van der Waals surface area contributed by atoms with Crippen LogP contribution in [0.15, 0.2) is 36.4 Å². The van der Waals surface area contributed by atoms with E-state index in [-0.39, 0.29) is 23.4 Å². The van der Waals surface area contributed by atoms with Gasteiger partial charge in [-0.05, 0) is 38.2 Å². The monoisotopic (exact) mass is 505 g/mol. The maximum absolute atomic E-state index is 10.9. The summed E-state index contributed by atoms with van der Waals surface area (Å²) < 4.78 is 4.79. The Hall–Kier alpha value is -2.18. The van der Waals surface area contributed by atoms with E-state index in [9.17, 15) is 4.79 Å². The molecule has 0 amide bonds. The van der Waals surface area contributed by atoms with Gasteiger partial charge in [-0.3, -0.25) is 15.0 Å². The number of carbonyl (C=O) groups excluding carboxylic acids is 1. The van der Waals surface area contributed by atoms with Gasteiger partial charge in [0.1, 0.15) is 5.84 Å². The molecular weight excluding hydrogens is 450 g/mol. The number of hydroxylamine groups is 1. The van der Waals surface area contributed by atoms with Crippen molar-refractivity contribution in [2.45, 2.75) is 125 Å². The molecule has 0 bridgehead atoms. The molecule has 1 aromatic carbocycles. The van der Waals surface area contributed by atoms with Gasteiger partial charge < -0.3 is 10.5 Å². The van der Waals surface area contributed by atoms with Gasteiger partial charge in [-0.1, -0.05) is 104 Å². The van der Waals surface area contributed by atoms with Crippen LogP contribution in [0.3, 0.4) is 0 Å². The molecule has 6 nitrogen and oxygen atoms in total. The first-order chi connectivity index (χ1) is 17.3. The number of hydrogen-bond donors (Lipinski definition) is 3. The third-order valence-electron chi connectivity index (χ3n) is 5.62. The Balaban J connectivity index is 0. The molecule has 1 aliphatic heterocycles. The molecule has 208 valence electrons. The second-order valence-corrected chi connectivity index (χ2v) is 8.50. The summed E-state index contributed by atoms with van der Waals surface area (Å²) in [6.45, 7) is 20.7. The zero-order valence-corrected chi connectivity index (χ0v) is 24.5. The number of nitrogen functional groups attached to an aromatic ring is 1. The number of benzene rings is 1. The molecule has 1 atom stereocenters. The van der Waals surface area contributed by atoms with Crippen molar-refractivity contribution in [1.82, 2.24) is 5.48 Å². The second kappa shape index (κ2) is 22.1. The van der Waals surface area contributed by atoms with E-state index >= 15 is 0 Å². The van der Waals surface area contributed by atoms with E-state index in [1.807, 2.05) is 58.9 Å². The molecule has 0 aromatic heterocycles. The molecule has 1 aromatic rings. The first kappa shape index (κ1) is 36.0. The van der Waals surface area contributed by atoms with E-state index in [2.05, 4.69) is 32.8 Å². The predicted octanol–water partition coefficient (Wildman–Crippen LogP) is 8.01. The summed E-state index contributed by atoms with van der Waals surface area (Å²) in [6, 6.07) is 8.10. The van der Waals surface area contributed by atoms with Gasteiger partial charge in [0.2, 0.25) is 0 Å². The summed E-state index contributed by atoms with van der Waals surface area (Å²) >= 11 is 0. The third-order valence-corrected chi connectivity index (χ3v) is 5.62. The van der Waals surface area contributed by atoms with Gasteiger partial charge in [0.05, 0.1) is 18.2 Å². The minimum Gasteiger partial charge on any atom is -0.466 e. The number of ether oxygens (including phenoxy) is 1. The fourth-order valence-electron chi connectivity index (χ4n) is 4.07. The Kier molecular flexibility index (Phi) is 22.0. The third kappa shape index (κ3) is 14.4. The van der Waals surface area contributed by atoms with E-state index < -0.39 is 0 Å². The van der Waals surface area contributed by atoms with Gasteiger partial charge in [0, 0.05) is 18.4 Å². The zero-order chi connectivity index (χ0) is 28.0. The van der Waals surface area contributed by atoms with Crippen molar-refractivity contribution in [1.29, 1.82) is 5.41 Å². The quantitative estimate of drug-likeness (QED) is 0.116. The summed E-state index contributed by atoms with van der Waals surface area (Å²) in [5, 5.41) is 7.43. The van der Waals surface area contributed by atoms with Crippen LogP contribution in [0.5, 0.6) is 0 Å². The second-order valence-electron chi connectivity index (χ2n) is 8.50. The molecule has 1 aliphatic rings. The Morgan fingerprint density at radius 1 is 1.03 bits per heavy atom. The molecule has 6 heteroatoms. The molecule has 0 saturated carbocycles. The fourth-order valence-corrected chi connectivity index (χ4v) is 4.07. The van der Waals surface area contributed by atoms with Crippen LogP contribution in [0.2, 0.25) is 0 Å². The first-order valence-electron chi connectivity index (χ1n) is 14.0. The summed E-state index contributed by atoms with van der Waals surface area (Å²) in [7, 11) is 0. The van der Waals surface area contributed by atoms with Gasteiger partial charge in [0.15, 0.2) is 0 Å². The number of hydrogen-bond acceptors (Lipinski definition) is 5. The van der Waals surface area contributed by atoms with E-state index in [4.69, 9.17) is 20.7 Å². The standard InChI is InChI=1S/C16H25N3O.C10H18O2.2C2H6/c1-3-9-16(10-4-2)11-14(19-20-16)12-5-7-13(8-6-12)15(17)18;1-4-6-9(3)7-8-10(11)12-5-2;2*1-2/h5-8,14,19H,3-4,9-11H2,1-2H3,(H3,17,18);3-8H2,1-2H3;2*1-2H3. The molecule has 0 spiro atoms. The number of rotatable bonds is 12. The van der Waals surface area contributed by atoms with Crippen molar-refractivity contribution < 1.29 is 14.4 Å². The van der Waals surface area contributed by atoms with Crippen molar-refractivity contribution in [3.8, 4) is 0 Å². The van der Waals surface area contributed by atoms with E-state index in [0.29, 0.717) is 13.0 Å². The molecule has 1 fully saturated rings. The average molecular weight is 506 g/mol. The Bertz CT molecular complexity index is 693. The van der Waals surface area contributed by atoms with Gasteiger partial charge in [-0.2, -0.15) is 5.48 Å². The number of nitrogens with one attached hydrogen (secondary N) is 2. The lowest BCUT2D eigenvalue weighted by Gasteiger charge is -2.26. The Morgan fingerprint density at radius 2 is 1.58 bits per heavy atom. The number of carbonyl (C=O) groups is 1. The van der Waals surface area contributed by atoms with Gasteiger partial charge in [-0.25, -0.2) is 0 Å². The molecular formula is C30H55N3O3. The molecule has 36 heavy (non-hydrogen) atoms. The lowest BCUT2D eigenvalue weighted by atomic mass is 9.85. The van der Waals surface area contributed by atoms with Crippen molar-refractivity contribution in [3.63, 3.8) is 0 Å². The summed E-state index contributed by atoms with van der Waals surface area (Å²) in [6.07, 6.45) is 8.83. The predicted molar refractivity (Wildman–Crippen MR) is 154 cm³/mol. The van der Waals surface area contributed by atoms with E-state index in [0.717, 1.165) is 62.5 Å². The Labute approximate surface area is 221 Å². The highest BCUT2D eigenvalue weighted by Gasteiger charge is 2.39. The van der Waals surface area contributed by atoms with Gasteiger partial charge in [0.25, 0.3) is 0 Å². The number of amidine groups is 1. The van der Waals surface area contributed by atoms with E-state index in [1.54, 1.807) is 0 Å². The van der Waals surface area contributed by atoms with Crippen LogP contribution in [-0.4, -0.2) is 24.0 Å². The minimum atomic E-state index is -0.116. The van der Waals surface area contributed by atoms with Crippen molar-refractivity contribution >= 4 is 11.8 Å². The van der Waals surface area contributed by atoms with E-state index in [1.165, 1.54) is 5.56 Å². The van der Waals surface area contributed by atoms with Crippen molar-refractivity contribution in [2.24, 2.45) is 5.73 Å². The highest BCUT2D eigenvalue weighted by molar-refractivity contribution is 5.94. The molecule has 1 heterocycles. The average Bonchev–Trinajstić information content (AvgIpc) is 3.30. The number of esters is 1. The molecule has 1 unspecified atom stereocenters. The molecule has 4 N–H and O–H groups in total. The lowest BCUT2D eigenvalue weighted by molar-refractivity contribution is -0.143. The summed E-state index contributed by atoms with van der Waals surface area (Å²) in [5.41, 5.74) is 11.8.